The summed E-state index contributed by atoms with van der Waals surface area (Å²) in [7, 11) is 1.70. The molecule has 0 saturated carbocycles. The average Bonchev–Trinajstić information content (AvgIpc) is 3.05. The molecule has 3 aromatic carbocycles. The maximum Gasteiger partial charge on any atom is 0.407 e. The molecule has 0 aliphatic carbocycles. The van der Waals surface area contributed by atoms with E-state index in [-0.39, 0.29) is 37.0 Å². The first-order chi connectivity index (χ1) is 21.9. The Bertz CT molecular complexity index is 1390. The van der Waals surface area contributed by atoms with Crippen molar-refractivity contribution in [2.45, 2.75) is 37.4 Å². The summed E-state index contributed by atoms with van der Waals surface area (Å²) < 4.78 is 50.4. The lowest BCUT2D eigenvalue weighted by Gasteiger charge is -2.40. The molecule has 1 amide bonds. The predicted molar refractivity (Wildman–Crippen MR) is 168 cm³/mol. The summed E-state index contributed by atoms with van der Waals surface area (Å²) in [6.45, 7) is 4.08. The number of halogens is 2. The Labute approximate surface area is 262 Å². The van der Waals surface area contributed by atoms with Gasteiger partial charge in [-0.2, -0.15) is 0 Å². The fraction of sp³-hybridized carbons (Fsp3) is 0.441. The smallest absolute Gasteiger partial charge is 0.407 e. The highest BCUT2D eigenvalue weighted by molar-refractivity contribution is 5.65. The van der Waals surface area contributed by atoms with Crippen LogP contribution in [0.4, 0.5) is 25.0 Å². The highest BCUT2D eigenvalue weighted by Crippen LogP contribution is 2.35. The van der Waals surface area contributed by atoms with Crippen LogP contribution in [0.2, 0.25) is 0 Å². The number of methoxy groups -OCH3 is 1. The summed E-state index contributed by atoms with van der Waals surface area (Å²) in [4.78, 5) is 15.6. The number of benzene rings is 3. The highest BCUT2D eigenvalue weighted by Gasteiger charge is 2.35. The van der Waals surface area contributed by atoms with Gasteiger partial charge in [-0.25, -0.2) is 13.6 Å². The Balaban J connectivity index is 1.16. The first-order valence-electron chi connectivity index (χ1n) is 15.4. The molecule has 3 aromatic rings. The van der Waals surface area contributed by atoms with Crippen molar-refractivity contribution in [2.75, 3.05) is 69.9 Å². The minimum atomic E-state index is -0.946. The summed E-state index contributed by atoms with van der Waals surface area (Å²) in [5.74, 6) is -0.382. The number of anilines is 2. The van der Waals surface area contributed by atoms with Gasteiger partial charge in [-0.1, -0.05) is 24.3 Å². The number of fused-ring (bicyclic) bond motifs is 1. The molecule has 5 rings (SSSR count). The van der Waals surface area contributed by atoms with Crippen molar-refractivity contribution >= 4 is 17.5 Å². The molecule has 3 atom stereocenters. The second kappa shape index (κ2) is 15.8. The van der Waals surface area contributed by atoms with Crippen molar-refractivity contribution in [1.82, 2.24) is 4.90 Å². The lowest BCUT2D eigenvalue weighted by molar-refractivity contribution is -0.0407. The van der Waals surface area contributed by atoms with Crippen LogP contribution in [-0.4, -0.2) is 88.0 Å². The zero-order chi connectivity index (χ0) is 31.6. The van der Waals surface area contributed by atoms with Crippen LogP contribution in [0.5, 0.6) is 11.5 Å². The van der Waals surface area contributed by atoms with Crippen LogP contribution in [0.1, 0.15) is 30.7 Å². The van der Waals surface area contributed by atoms with Crippen molar-refractivity contribution in [3.05, 3.63) is 83.9 Å². The number of ether oxygens (including phenoxy) is 4. The Hall–Kier alpha value is -4.09. The van der Waals surface area contributed by atoms with E-state index in [9.17, 15) is 18.7 Å². The minimum absolute atomic E-state index is 0.0258. The third-order valence-corrected chi connectivity index (χ3v) is 8.17. The Kier molecular flexibility index (Phi) is 11.3. The van der Waals surface area contributed by atoms with Gasteiger partial charge in [-0.05, 0) is 61.2 Å². The van der Waals surface area contributed by atoms with Crippen molar-refractivity contribution in [1.29, 1.82) is 0 Å². The number of carbonyl (C=O) groups is 1. The molecule has 9 nitrogen and oxygen atoms in total. The number of rotatable bonds is 14. The van der Waals surface area contributed by atoms with Crippen LogP contribution in [0, 0.1) is 11.6 Å². The molecule has 2 aliphatic rings. The molecular formula is C34H41F2N3O6. The minimum Gasteiger partial charge on any atom is -0.490 e. The number of likely N-dealkylation sites (tertiary alicyclic amines) is 1. The van der Waals surface area contributed by atoms with Crippen molar-refractivity contribution in [3.8, 4) is 11.5 Å². The van der Waals surface area contributed by atoms with Crippen LogP contribution in [0.25, 0.3) is 0 Å². The van der Waals surface area contributed by atoms with Crippen molar-refractivity contribution in [2.24, 2.45) is 0 Å². The van der Waals surface area contributed by atoms with Gasteiger partial charge in [-0.3, -0.25) is 0 Å². The lowest BCUT2D eigenvalue weighted by Crippen LogP contribution is -2.49. The van der Waals surface area contributed by atoms with E-state index in [1.807, 2.05) is 42.5 Å². The monoisotopic (exact) mass is 625 g/mol. The topological polar surface area (TPSA) is 92.7 Å². The second-order valence-corrected chi connectivity index (χ2v) is 11.3. The van der Waals surface area contributed by atoms with E-state index in [4.69, 9.17) is 18.9 Å². The molecule has 242 valence electrons. The maximum absolute atomic E-state index is 13.7. The number of piperidine rings is 1. The summed E-state index contributed by atoms with van der Waals surface area (Å²) in [6, 6.07) is 19.2. The largest absolute Gasteiger partial charge is 0.490 e. The van der Waals surface area contributed by atoms with E-state index in [0.717, 1.165) is 53.9 Å². The van der Waals surface area contributed by atoms with Gasteiger partial charge < -0.3 is 39.2 Å². The molecule has 2 aliphatic heterocycles. The number of amides is 1. The second-order valence-electron chi connectivity index (χ2n) is 11.3. The summed E-state index contributed by atoms with van der Waals surface area (Å²) in [5, 5.41) is 13.0. The van der Waals surface area contributed by atoms with Gasteiger partial charge in [0.05, 0.1) is 38.1 Å². The number of para-hydroxylation sites is 2. The SMILES string of the molecule is COCCCN1CC(COC2CN(C(=O)O)CCC2c2ccc(NCCCOc3cc(F)ccc3F)cc2)Oc2ccccc21. The highest BCUT2D eigenvalue weighted by atomic mass is 19.1. The molecule has 0 radical (unpaired) electrons. The zero-order valence-electron chi connectivity index (χ0n) is 25.5. The molecule has 3 unspecified atom stereocenters. The molecule has 0 bridgehead atoms. The number of hydrogen-bond acceptors (Lipinski definition) is 7. The first kappa shape index (κ1) is 32.3. The van der Waals surface area contributed by atoms with Gasteiger partial charge in [-0.15, -0.1) is 0 Å². The molecular weight excluding hydrogens is 584 g/mol. The molecule has 1 fully saturated rings. The van der Waals surface area contributed by atoms with Gasteiger partial charge in [0.25, 0.3) is 0 Å². The molecule has 0 aromatic heterocycles. The van der Waals surface area contributed by atoms with Crippen molar-refractivity contribution < 1.29 is 37.6 Å². The molecule has 2 heterocycles. The van der Waals surface area contributed by atoms with Crippen LogP contribution >= 0.6 is 0 Å². The summed E-state index contributed by atoms with van der Waals surface area (Å²) in [5.41, 5.74) is 3.05. The lowest BCUT2D eigenvalue weighted by atomic mass is 9.87. The average molecular weight is 626 g/mol. The van der Waals surface area contributed by atoms with E-state index in [1.165, 1.54) is 4.90 Å². The summed E-state index contributed by atoms with van der Waals surface area (Å²) in [6.07, 6.45) is 0.670. The van der Waals surface area contributed by atoms with Crippen LogP contribution in [0.3, 0.4) is 0 Å². The van der Waals surface area contributed by atoms with Gasteiger partial charge in [0, 0.05) is 51.0 Å². The Morgan fingerprint density at radius 3 is 2.67 bits per heavy atom. The van der Waals surface area contributed by atoms with E-state index in [1.54, 1.807) is 7.11 Å². The molecule has 1 saturated heterocycles. The standard InChI is InChI=1S/C34H41F2N3O6/c1-42-18-5-16-38-21-27(45-31-7-3-2-6-30(31)38)23-44-33-22-39(34(40)41)17-14-28(33)24-8-11-26(12-9-24)37-15-4-19-43-32-20-25(35)10-13-29(32)36/h2-3,6-13,20,27-28,33,37H,4-5,14-19,21-23H2,1H3,(H,40,41). The molecule has 11 heteroatoms. The maximum atomic E-state index is 13.7. The quantitative estimate of drug-likeness (QED) is 0.211. The number of nitrogens with zero attached hydrogens (tertiary/aromatic N) is 2. The molecule has 2 N–H and O–H groups in total. The van der Waals surface area contributed by atoms with E-state index in [0.29, 0.717) is 45.7 Å². The third kappa shape index (κ3) is 8.76. The van der Waals surface area contributed by atoms with Crippen LogP contribution in [0.15, 0.2) is 66.7 Å². The first-order valence-corrected chi connectivity index (χ1v) is 15.4. The number of hydrogen-bond donors (Lipinski definition) is 2. The van der Waals surface area contributed by atoms with E-state index < -0.39 is 17.7 Å². The van der Waals surface area contributed by atoms with Gasteiger partial charge in [0.15, 0.2) is 11.6 Å². The zero-order valence-corrected chi connectivity index (χ0v) is 25.5. The summed E-state index contributed by atoms with van der Waals surface area (Å²) >= 11 is 0. The Morgan fingerprint density at radius 1 is 1.04 bits per heavy atom. The van der Waals surface area contributed by atoms with Gasteiger partial charge in [0.2, 0.25) is 0 Å². The number of carboxylic acid groups (broad SMARTS) is 1. The van der Waals surface area contributed by atoms with Crippen LogP contribution < -0.4 is 19.7 Å². The van der Waals surface area contributed by atoms with E-state index >= 15 is 0 Å². The van der Waals surface area contributed by atoms with Gasteiger partial charge in [0.1, 0.15) is 17.7 Å². The van der Waals surface area contributed by atoms with Crippen LogP contribution in [-0.2, 0) is 9.47 Å². The normalized spacial score (nSPS) is 19.5. The molecule has 45 heavy (non-hydrogen) atoms. The number of nitrogens with one attached hydrogen (secondary N) is 1. The van der Waals surface area contributed by atoms with E-state index in [2.05, 4.69) is 16.3 Å². The Morgan fingerprint density at radius 2 is 1.87 bits per heavy atom. The third-order valence-electron chi connectivity index (χ3n) is 8.17. The van der Waals surface area contributed by atoms with Gasteiger partial charge >= 0.3 is 6.09 Å². The molecule has 0 spiro atoms. The predicted octanol–water partition coefficient (Wildman–Crippen LogP) is 6.00. The fourth-order valence-electron chi connectivity index (χ4n) is 5.87. The fourth-order valence-corrected chi connectivity index (χ4v) is 5.87. The van der Waals surface area contributed by atoms with Crippen molar-refractivity contribution in [3.63, 3.8) is 0 Å².